The first-order chi connectivity index (χ1) is 5.29. The summed E-state index contributed by atoms with van der Waals surface area (Å²) >= 11 is 0. The summed E-state index contributed by atoms with van der Waals surface area (Å²) in [6, 6.07) is -0.593. The summed E-state index contributed by atoms with van der Waals surface area (Å²) in [6.45, 7) is 0. The van der Waals surface area contributed by atoms with Crippen molar-refractivity contribution in [3.63, 3.8) is 0 Å². The Morgan fingerprint density at radius 3 is 3.18 bits per heavy atom. The standard InChI is InChI=1S/C5H5N5O/c1-10-4-3(8-9-10)5(11)7-2-6-4/h2-3H,1H3. The van der Waals surface area contributed by atoms with E-state index < -0.39 is 6.04 Å². The Bertz CT molecular complexity index is 291. The molecular weight excluding hydrogens is 146 g/mol. The van der Waals surface area contributed by atoms with E-state index in [-0.39, 0.29) is 5.91 Å². The Kier molecular flexibility index (Phi) is 1.09. The van der Waals surface area contributed by atoms with Gasteiger partial charge in [-0.05, 0) is 0 Å². The molecule has 0 aliphatic carbocycles. The lowest BCUT2D eigenvalue weighted by atomic mass is 10.2. The van der Waals surface area contributed by atoms with Gasteiger partial charge in [0.15, 0.2) is 5.84 Å². The van der Waals surface area contributed by atoms with Gasteiger partial charge in [-0.25, -0.2) is 10.0 Å². The molecule has 6 heteroatoms. The van der Waals surface area contributed by atoms with Crippen LogP contribution in [0.25, 0.3) is 0 Å². The Morgan fingerprint density at radius 2 is 2.45 bits per heavy atom. The van der Waals surface area contributed by atoms with E-state index in [1.54, 1.807) is 7.05 Å². The highest BCUT2D eigenvalue weighted by molar-refractivity contribution is 6.14. The van der Waals surface area contributed by atoms with Gasteiger partial charge in [-0.2, -0.15) is 4.99 Å². The van der Waals surface area contributed by atoms with Crippen molar-refractivity contribution < 1.29 is 4.79 Å². The summed E-state index contributed by atoms with van der Waals surface area (Å²) in [7, 11) is 1.69. The maximum Gasteiger partial charge on any atom is 0.281 e. The van der Waals surface area contributed by atoms with E-state index in [4.69, 9.17) is 0 Å². The van der Waals surface area contributed by atoms with Crippen LogP contribution in [-0.2, 0) is 4.79 Å². The number of aliphatic imine (C=N–C) groups is 2. The molecule has 0 N–H and O–H groups in total. The molecule has 0 radical (unpaired) electrons. The van der Waals surface area contributed by atoms with Gasteiger partial charge >= 0.3 is 0 Å². The summed E-state index contributed by atoms with van der Waals surface area (Å²) in [5.41, 5.74) is 0. The van der Waals surface area contributed by atoms with E-state index in [0.717, 1.165) is 0 Å². The van der Waals surface area contributed by atoms with Crippen LogP contribution in [0.3, 0.4) is 0 Å². The average molecular weight is 151 g/mol. The summed E-state index contributed by atoms with van der Waals surface area (Å²) in [4.78, 5) is 18.3. The average Bonchev–Trinajstić information content (AvgIpc) is 2.35. The van der Waals surface area contributed by atoms with E-state index >= 15 is 0 Å². The zero-order valence-electron chi connectivity index (χ0n) is 5.80. The fraction of sp³-hybridized carbons (Fsp3) is 0.400. The molecule has 0 aromatic carbocycles. The molecule has 56 valence electrons. The molecule has 2 rings (SSSR count). The van der Waals surface area contributed by atoms with Gasteiger partial charge in [0.25, 0.3) is 5.91 Å². The van der Waals surface area contributed by atoms with Crippen LogP contribution in [0.4, 0.5) is 0 Å². The quantitative estimate of drug-likeness (QED) is 0.474. The van der Waals surface area contributed by atoms with Gasteiger partial charge in [-0.15, -0.1) is 5.11 Å². The van der Waals surface area contributed by atoms with Crippen molar-refractivity contribution in [2.24, 2.45) is 20.3 Å². The number of fused-ring (bicyclic) bond motifs is 1. The van der Waals surface area contributed by atoms with Crippen molar-refractivity contribution in [1.82, 2.24) is 5.01 Å². The van der Waals surface area contributed by atoms with Gasteiger partial charge < -0.3 is 0 Å². The normalized spacial score (nSPS) is 27.4. The third-order valence-electron chi connectivity index (χ3n) is 1.49. The lowest BCUT2D eigenvalue weighted by Crippen LogP contribution is -2.33. The molecule has 2 heterocycles. The molecule has 0 aromatic heterocycles. The number of hydrogen-bond donors (Lipinski definition) is 0. The molecular formula is C5H5N5O. The molecule has 0 fully saturated rings. The molecule has 1 amide bonds. The number of carbonyl (C=O) groups is 1. The first kappa shape index (κ1) is 6.14. The molecule has 0 bridgehead atoms. The summed E-state index contributed by atoms with van der Waals surface area (Å²) < 4.78 is 0. The van der Waals surface area contributed by atoms with Gasteiger partial charge in [0.1, 0.15) is 6.34 Å². The Hall–Kier alpha value is -1.59. The minimum absolute atomic E-state index is 0.303. The van der Waals surface area contributed by atoms with Crippen LogP contribution in [0.1, 0.15) is 0 Å². The van der Waals surface area contributed by atoms with Crippen LogP contribution in [-0.4, -0.2) is 36.2 Å². The van der Waals surface area contributed by atoms with Crippen LogP contribution in [0, 0.1) is 0 Å². The maximum atomic E-state index is 11.0. The second kappa shape index (κ2) is 1.94. The van der Waals surface area contributed by atoms with Crippen molar-refractivity contribution in [1.29, 1.82) is 0 Å². The van der Waals surface area contributed by atoms with Crippen LogP contribution in [0.5, 0.6) is 0 Å². The minimum Gasteiger partial charge on any atom is -0.269 e. The zero-order chi connectivity index (χ0) is 7.84. The van der Waals surface area contributed by atoms with Gasteiger partial charge in [-0.1, -0.05) is 5.22 Å². The summed E-state index contributed by atoms with van der Waals surface area (Å²) in [5, 5.41) is 8.80. The van der Waals surface area contributed by atoms with E-state index in [2.05, 4.69) is 20.3 Å². The summed E-state index contributed by atoms with van der Waals surface area (Å²) in [6.07, 6.45) is 1.22. The van der Waals surface area contributed by atoms with E-state index in [1.165, 1.54) is 11.3 Å². The fourth-order valence-corrected chi connectivity index (χ4v) is 0.933. The topological polar surface area (TPSA) is 69.8 Å². The van der Waals surface area contributed by atoms with Gasteiger partial charge in [0.2, 0.25) is 6.04 Å². The molecule has 11 heavy (non-hydrogen) atoms. The molecule has 1 unspecified atom stereocenters. The molecule has 2 aliphatic heterocycles. The van der Waals surface area contributed by atoms with Crippen molar-refractivity contribution in [2.75, 3.05) is 7.05 Å². The van der Waals surface area contributed by atoms with Crippen LogP contribution < -0.4 is 0 Å². The predicted molar refractivity (Wildman–Crippen MR) is 37.3 cm³/mol. The van der Waals surface area contributed by atoms with Crippen LogP contribution >= 0.6 is 0 Å². The predicted octanol–water partition coefficient (Wildman–Crippen LogP) is -0.365. The minimum atomic E-state index is -0.593. The molecule has 0 saturated heterocycles. The highest BCUT2D eigenvalue weighted by atomic mass is 16.2. The summed E-state index contributed by atoms with van der Waals surface area (Å²) in [5.74, 6) is 0.244. The lowest BCUT2D eigenvalue weighted by molar-refractivity contribution is -0.117. The van der Waals surface area contributed by atoms with Crippen molar-refractivity contribution >= 4 is 18.1 Å². The molecule has 6 nitrogen and oxygen atoms in total. The second-order valence-corrected chi connectivity index (χ2v) is 2.20. The number of amides is 1. The molecule has 0 spiro atoms. The number of hydrogen-bond acceptors (Lipinski definition) is 5. The fourth-order valence-electron chi connectivity index (χ4n) is 0.933. The van der Waals surface area contributed by atoms with Crippen LogP contribution in [0.2, 0.25) is 0 Å². The molecule has 1 atom stereocenters. The van der Waals surface area contributed by atoms with Crippen LogP contribution in [0.15, 0.2) is 20.3 Å². The SMILES string of the molecule is CN1N=NC2C(=O)N=CN=C21. The van der Waals surface area contributed by atoms with E-state index in [9.17, 15) is 4.79 Å². The highest BCUT2D eigenvalue weighted by Crippen LogP contribution is 2.13. The first-order valence-corrected chi connectivity index (χ1v) is 3.07. The monoisotopic (exact) mass is 151 g/mol. The van der Waals surface area contributed by atoms with Gasteiger partial charge in [0.05, 0.1) is 0 Å². The van der Waals surface area contributed by atoms with Gasteiger partial charge in [-0.3, -0.25) is 4.79 Å². The van der Waals surface area contributed by atoms with Gasteiger partial charge in [0, 0.05) is 7.05 Å². The van der Waals surface area contributed by atoms with E-state index in [1.807, 2.05) is 0 Å². The van der Waals surface area contributed by atoms with Crippen molar-refractivity contribution in [2.45, 2.75) is 6.04 Å². The number of rotatable bonds is 0. The third kappa shape index (κ3) is 0.754. The highest BCUT2D eigenvalue weighted by Gasteiger charge is 2.33. The maximum absolute atomic E-state index is 11.0. The Morgan fingerprint density at radius 1 is 1.64 bits per heavy atom. The number of amidine groups is 1. The number of likely N-dealkylation sites (N-methyl/N-ethyl adjacent to an activating group) is 1. The number of carbonyl (C=O) groups excluding carboxylic acids is 1. The van der Waals surface area contributed by atoms with E-state index in [0.29, 0.717) is 5.84 Å². The number of nitrogens with zero attached hydrogens (tertiary/aromatic N) is 5. The Balaban J connectivity index is 2.41. The Labute approximate surface area is 62.3 Å². The van der Waals surface area contributed by atoms with Crippen molar-refractivity contribution in [3.8, 4) is 0 Å². The second-order valence-electron chi connectivity index (χ2n) is 2.20. The molecule has 0 aromatic rings. The molecule has 2 aliphatic rings. The van der Waals surface area contributed by atoms with Crippen molar-refractivity contribution in [3.05, 3.63) is 0 Å². The smallest absolute Gasteiger partial charge is 0.269 e. The molecule has 0 saturated carbocycles. The third-order valence-corrected chi connectivity index (χ3v) is 1.49. The largest absolute Gasteiger partial charge is 0.281 e. The lowest BCUT2D eigenvalue weighted by Gasteiger charge is -2.09. The zero-order valence-corrected chi connectivity index (χ0v) is 5.80. The first-order valence-electron chi connectivity index (χ1n) is 3.07.